The second-order valence-electron chi connectivity index (χ2n) is 5.96. The van der Waals surface area contributed by atoms with E-state index in [0.717, 1.165) is 0 Å². The third kappa shape index (κ3) is 4.37. The molecule has 1 heterocycles. The van der Waals surface area contributed by atoms with Crippen molar-refractivity contribution in [3.63, 3.8) is 0 Å². The molecule has 0 unspecified atom stereocenters. The van der Waals surface area contributed by atoms with Crippen molar-refractivity contribution in [2.24, 2.45) is 0 Å². The molecule has 0 spiro atoms. The van der Waals surface area contributed by atoms with Gasteiger partial charge in [-0.3, -0.25) is 4.79 Å². The zero-order valence-corrected chi connectivity index (χ0v) is 14.6. The van der Waals surface area contributed by atoms with Crippen LogP contribution in [0.25, 0.3) is 11.1 Å². The fourth-order valence-electron chi connectivity index (χ4n) is 2.79. The maximum atomic E-state index is 14.1. The Hall–Kier alpha value is -1.95. The maximum absolute atomic E-state index is 14.1. The van der Waals surface area contributed by atoms with Gasteiger partial charge in [-0.1, -0.05) is 23.7 Å². The Balaban J connectivity index is 1.77. The molecular formula is C19H19ClFNO3. The van der Waals surface area contributed by atoms with Gasteiger partial charge in [0.25, 0.3) is 5.91 Å². The summed E-state index contributed by atoms with van der Waals surface area (Å²) in [5.74, 6) is -0.566. The van der Waals surface area contributed by atoms with E-state index in [4.69, 9.17) is 21.1 Å². The number of amides is 1. The predicted molar refractivity (Wildman–Crippen MR) is 94.4 cm³/mol. The first kappa shape index (κ1) is 17.9. The first-order valence-corrected chi connectivity index (χ1v) is 8.42. The van der Waals surface area contributed by atoms with Crippen LogP contribution in [0.3, 0.4) is 0 Å². The Bertz CT molecular complexity index is 762. The van der Waals surface area contributed by atoms with Gasteiger partial charge in [-0.15, -0.1) is 0 Å². The van der Waals surface area contributed by atoms with Crippen molar-refractivity contribution in [1.29, 1.82) is 0 Å². The van der Waals surface area contributed by atoms with Crippen LogP contribution < -0.4 is 0 Å². The molecule has 25 heavy (non-hydrogen) atoms. The van der Waals surface area contributed by atoms with Gasteiger partial charge in [0, 0.05) is 29.7 Å². The van der Waals surface area contributed by atoms with Crippen molar-refractivity contribution >= 4 is 17.5 Å². The monoisotopic (exact) mass is 363 g/mol. The van der Waals surface area contributed by atoms with Crippen LogP contribution in [0.5, 0.6) is 0 Å². The van der Waals surface area contributed by atoms with Crippen molar-refractivity contribution < 1.29 is 18.7 Å². The highest BCUT2D eigenvalue weighted by atomic mass is 35.5. The molecule has 0 saturated carbocycles. The quantitative estimate of drug-likeness (QED) is 0.832. The fourth-order valence-corrected chi connectivity index (χ4v) is 2.95. The Morgan fingerprint density at radius 2 is 2.12 bits per heavy atom. The summed E-state index contributed by atoms with van der Waals surface area (Å²) in [6, 6.07) is 11.4. The molecule has 1 saturated heterocycles. The number of benzene rings is 2. The van der Waals surface area contributed by atoms with Gasteiger partial charge in [0.2, 0.25) is 0 Å². The second-order valence-corrected chi connectivity index (χ2v) is 6.39. The smallest absolute Gasteiger partial charge is 0.253 e. The number of hydrogen-bond donors (Lipinski definition) is 0. The van der Waals surface area contributed by atoms with E-state index >= 15 is 0 Å². The molecule has 1 aliphatic heterocycles. The van der Waals surface area contributed by atoms with E-state index in [-0.39, 0.29) is 12.0 Å². The van der Waals surface area contributed by atoms with Gasteiger partial charge in [-0.05, 0) is 35.9 Å². The molecule has 0 N–H and O–H groups in total. The molecule has 0 aromatic heterocycles. The summed E-state index contributed by atoms with van der Waals surface area (Å²) in [4.78, 5) is 14.2. The van der Waals surface area contributed by atoms with Crippen molar-refractivity contribution in [1.82, 2.24) is 4.90 Å². The lowest BCUT2D eigenvalue weighted by Gasteiger charge is -2.27. The average molecular weight is 364 g/mol. The van der Waals surface area contributed by atoms with Crippen molar-refractivity contribution in [2.75, 3.05) is 33.4 Å². The number of likely N-dealkylation sites (N-methyl/N-ethyl adjacent to an activating group) is 1. The van der Waals surface area contributed by atoms with Crippen molar-refractivity contribution in [3.8, 4) is 11.1 Å². The molecule has 1 amide bonds. The van der Waals surface area contributed by atoms with Crippen LogP contribution >= 0.6 is 11.6 Å². The SMILES string of the molecule is CN(C[C@@H]1COCCO1)C(=O)c1cccc(-c2ccc(Cl)cc2F)c1. The van der Waals surface area contributed by atoms with E-state index in [2.05, 4.69) is 0 Å². The van der Waals surface area contributed by atoms with Crippen LogP contribution in [0.1, 0.15) is 10.4 Å². The highest BCUT2D eigenvalue weighted by Gasteiger charge is 2.20. The van der Waals surface area contributed by atoms with Gasteiger partial charge in [0.15, 0.2) is 0 Å². The number of carbonyl (C=O) groups excluding carboxylic acids is 1. The predicted octanol–water partition coefficient (Wildman–Crippen LogP) is 3.63. The highest BCUT2D eigenvalue weighted by Crippen LogP contribution is 2.26. The molecule has 1 aliphatic rings. The van der Waals surface area contributed by atoms with E-state index in [9.17, 15) is 9.18 Å². The van der Waals surface area contributed by atoms with Crippen LogP contribution in [0, 0.1) is 5.82 Å². The third-order valence-electron chi connectivity index (χ3n) is 4.06. The van der Waals surface area contributed by atoms with Gasteiger partial charge in [-0.25, -0.2) is 4.39 Å². The van der Waals surface area contributed by atoms with E-state index in [0.29, 0.717) is 48.1 Å². The van der Waals surface area contributed by atoms with Gasteiger partial charge in [0.1, 0.15) is 5.82 Å². The van der Waals surface area contributed by atoms with E-state index in [1.54, 1.807) is 48.3 Å². The molecule has 3 rings (SSSR count). The molecule has 1 atom stereocenters. The minimum atomic E-state index is -0.418. The molecule has 1 fully saturated rings. The van der Waals surface area contributed by atoms with Crippen LogP contribution in [0.4, 0.5) is 4.39 Å². The Labute approximate surface area is 151 Å². The summed E-state index contributed by atoms with van der Waals surface area (Å²) in [5.41, 5.74) is 1.53. The lowest BCUT2D eigenvalue weighted by atomic mass is 10.0. The summed E-state index contributed by atoms with van der Waals surface area (Å²) in [7, 11) is 1.72. The van der Waals surface area contributed by atoms with Gasteiger partial charge < -0.3 is 14.4 Å². The maximum Gasteiger partial charge on any atom is 0.253 e. The first-order chi connectivity index (χ1) is 12.0. The zero-order valence-electron chi connectivity index (χ0n) is 13.9. The summed E-state index contributed by atoms with van der Waals surface area (Å²) in [6.07, 6.45) is -0.125. The van der Waals surface area contributed by atoms with Crippen LogP contribution in [-0.4, -0.2) is 50.3 Å². The number of ether oxygens (including phenoxy) is 2. The van der Waals surface area contributed by atoms with E-state index in [1.165, 1.54) is 6.07 Å². The molecule has 0 bridgehead atoms. The largest absolute Gasteiger partial charge is 0.376 e. The van der Waals surface area contributed by atoms with Gasteiger partial charge >= 0.3 is 0 Å². The van der Waals surface area contributed by atoms with E-state index < -0.39 is 5.82 Å². The Kier molecular flexibility index (Phi) is 5.68. The molecule has 132 valence electrons. The second kappa shape index (κ2) is 7.95. The fraction of sp³-hybridized carbons (Fsp3) is 0.316. The first-order valence-electron chi connectivity index (χ1n) is 8.05. The molecule has 6 heteroatoms. The minimum Gasteiger partial charge on any atom is -0.376 e. The molecule has 0 aliphatic carbocycles. The number of rotatable bonds is 4. The van der Waals surface area contributed by atoms with Crippen molar-refractivity contribution in [3.05, 3.63) is 58.9 Å². The third-order valence-corrected chi connectivity index (χ3v) is 4.30. The van der Waals surface area contributed by atoms with Crippen LogP contribution in [0.2, 0.25) is 5.02 Å². The van der Waals surface area contributed by atoms with Gasteiger partial charge in [-0.2, -0.15) is 0 Å². The minimum absolute atomic E-state index is 0.125. The number of halogens is 2. The summed E-state index contributed by atoms with van der Waals surface area (Å²) in [5, 5.41) is 0.336. The van der Waals surface area contributed by atoms with Crippen molar-refractivity contribution in [2.45, 2.75) is 6.10 Å². The lowest BCUT2D eigenvalue weighted by Crippen LogP contribution is -2.40. The Morgan fingerprint density at radius 1 is 1.28 bits per heavy atom. The van der Waals surface area contributed by atoms with Crippen LogP contribution in [-0.2, 0) is 9.47 Å². The highest BCUT2D eigenvalue weighted by molar-refractivity contribution is 6.30. The van der Waals surface area contributed by atoms with E-state index in [1.807, 2.05) is 0 Å². The molecule has 2 aromatic carbocycles. The average Bonchev–Trinajstić information content (AvgIpc) is 2.62. The van der Waals surface area contributed by atoms with Gasteiger partial charge in [0.05, 0.1) is 25.9 Å². The Morgan fingerprint density at radius 3 is 2.84 bits per heavy atom. The van der Waals surface area contributed by atoms with Crippen LogP contribution in [0.15, 0.2) is 42.5 Å². The lowest BCUT2D eigenvalue weighted by molar-refractivity contribution is -0.0933. The molecule has 4 nitrogen and oxygen atoms in total. The summed E-state index contributed by atoms with van der Waals surface area (Å²) < 4.78 is 25.1. The standard InChI is InChI=1S/C19H19ClFNO3/c1-22(11-16-12-24-7-8-25-16)19(23)14-4-2-3-13(9-14)17-6-5-15(20)10-18(17)21/h2-6,9-10,16H,7-8,11-12H2,1H3/t16-/m1/s1. The number of carbonyl (C=O) groups is 1. The molecule has 0 radical (unpaired) electrons. The normalized spacial score (nSPS) is 17.3. The summed E-state index contributed by atoms with van der Waals surface area (Å²) >= 11 is 5.80. The zero-order chi connectivity index (χ0) is 17.8. The number of nitrogens with zero attached hydrogens (tertiary/aromatic N) is 1. The summed E-state index contributed by atoms with van der Waals surface area (Å²) in [6.45, 7) is 2.05. The topological polar surface area (TPSA) is 38.8 Å². The molecular weight excluding hydrogens is 345 g/mol. The molecule has 2 aromatic rings. The number of hydrogen-bond acceptors (Lipinski definition) is 3.